The molecule has 1 aliphatic heterocycles. The first kappa shape index (κ1) is 15.6. The van der Waals surface area contributed by atoms with E-state index >= 15 is 0 Å². The normalized spacial score (nSPS) is 18.2. The molecule has 2 rings (SSSR count). The van der Waals surface area contributed by atoms with Crippen molar-refractivity contribution in [2.75, 3.05) is 19.6 Å². The number of ketones is 1. The van der Waals surface area contributed by atoms with Crippen LogP contribution in [0.25, 0.3) is 0 Å². The Morgan fingerprint density at radius 2 is 1.90 bits per heavy atom. The van der Waals surface area contributed by atoms with Crippen LogP contribution in [0.3, 0.4) is 0 Å². The van der Waals surface area contributed by atoms with E-state index < -0.39 is 5.38 Å². The number of carbonyl (C=O) groups is 1. The third-order valence-electron chi connectivity index (χ3n) is 4.29. The van der Waals surface area contributed by atoms with Crippen molar-refractivity contribution >= 4 is 17.4 Å². The number of aromatic nitrogens is 1. The van der Waals surface area contributed by atoms with Gasteiger partial charge in [-0.05, 0) is 52.8 Å². The maximum atomic E-state index is 12.1. The lowest BCUT2D eigenvalue weighted by Gasteiger charge is -2.27. The molecule has 1 atom stereocenters. The summed E-state index contributed by atoms with van der Waals surface area (Å²) in [7, 11) is 0. The van der Waals surface area contributed by atoms with E-state index in [-0.39, 0.29) is 5.78 Å². The van der Waals surface area contributed by atoms with Gasteiger partial charge in [-0.3, -0.25) is 4.79 Å². The molecular formula is C16H25ClN2O. The van der Waals surface area contributed by atoms with Crippen molar-refractivity contribution in [1.29, 1.82) is 0 Å². The Bertz CT molecular complexity index is 473. The van der Waals surface area contributed by atoms with E-state index in [1.165, 1.54) is 32.4 Å². The van der Waals surface area contributed by atoms with E-state index in [1.54, 1.807) is 6.92 Å². The average molecular weight is 297 g/mol. The van der Waals surface area contributed by atoms with Crippen molar-refractivity contribution < 1.29 is 4.79 Å². The maximum Gasteiger partial charge on any atom is 0.182 e. The molecule has 0 amide bonds. The third kappa shape index (κ3) is 3.44. The molecule has 0 aliphatic carbocycles. The summed E-state index contributed by atoms with van der Waals surface area (Å²) in [5.41, 5.74) is 2.99. The summed E-state index contributed by atoms with van der Waals surface area (Å²) in [4.78, 5) is 14.6. The van der Waals surface area contributed by atoms with Crippen LogP contribution in [-0.2, 0) is 6.54 Å². The molecule has 1 saturated heterocycles. The predicted octanol–water partition coefficient (Wildman–Crippen LogP) is 3.40. The van der Waals surface area contributed by atoms with Crippen molar-refractivity contribution in [2.45, 2.75) is 52.0 Å². The van der Waals surface area contributed by atoms with Gasteiger partial charge in [0.2, 0.25) is 0 Å². The Labute approximate surface area is 126 Å². The first-order valence-corrected chi connectivity index (χ1v) is 8.01. The van der Waals surface area contributed by atoms with Crippen molar-refractivity contribution in [3.8, 4) is 0 Å². The topological polar surface area (TPSA) is 25.2 Å². The monoisotopic (exact) mass is 296 g/mol. The number of piperidine rings is 1. The number of nitrogens with zero attached hydrogens (tertiary/aromatic N) is 2. The van der Waals surface area contributed by atoms with E-state index in [9.17, 15) is 4.79 Å². The van der Waals surface area contributed by atoms with Crippen molar-refractivity contribution in [2.24, 2.45) is 0 Å². The number of Topliss-reactive ketones (excluding diaryl/α,β-unsaturated/α-hetero) is 1. The highest BCUT2D eigenvalue weighted by Crippen LogP contribution is 2.19. The van der Waals surface area contributed by atoms with Crippen LogP contribution in [0.1, 0.15) is 47.9 Å². The van der Waals surface area contributed by atoms with E-state index in [2.05, 4.69) is 16.4 Å². The summed E-state index contributed by atoms with van der Waals surface area (Å²) < 4.78 is 2.25. The fourth-order valence-corrected chi connectivity index (χ4v) is 3.15. The lowest BCUT2D eigenvalue weighted by Crippen LogP contribution is -2.32. The Morgan fingerprint density at radius 1 is 1.25 bits per heavy atom. The molecule has 1 aromatic heterocycles. The molecule has 0 aromatic carbocycles. The van der Waals surface area contributed by atoms with E-state index in [0.29, 0.717) is 0 Å². The molecule has 0 bridgehead atoms. The van der Waals surface area contributed by atoms with Gasteiger partial charge in [-0.2, -0.15) is 0 Å². The molecule has 1 aromatic rings. The molecule has 0 radical (unpaired) electrons. The number of hydrogen-bond acceptors (Lipinski definition) is 2. The van der Waals surface area contributed by atoms with Crippen LogP contribution in [0, 0.1) is 13.8 Å². The summed E-state index contributed by atoms with van der Waals surface area (Å²) in [5.74, 6) is 0.0315. The standard InChI is InChI=1S/C16H25ClN2O/c1-12-11-15(16(20)13(2)17)14(3)19(12)10-9-18-7-5-4-6-8-18/h11,13H,4-10H2,1-3H3. The molecule has 0 spiro atoms. The Hall–Kier alpha value is -0.800. The quantitative estimate of drug-likeness (QED) is 0.614. The predicted molar refractivity (Wildman–Crippen MR) is 83.8 cm³/mol. The fraction of sp³-hybridized carbons (Fsp3) is 0.688. The minimum Gasteiger partial charge on any atom is -0.347 e. The Morgan fingerprint density at radius 3 is 2.50 bits per heavy atom. The van der Waals surface area contributed by atoms with Gasteiger partial charge in [0.1, 0.15) is 0 Å². The lowest BCUT2D eigenvalue weighted by molar-refractivity contribution is 0.0991. The second-order valence-corrected chi connectivity index (χ2v) is 6.47. The molecule has 0 N–H and O–H groups in total. The van der Waals surface area contributed by atoms with Gasteiger partial charge < -0.3 is 9.47 Å². The van der Waals surface area contributed by atoms with Crippen LogP contribution in [0.2, 0.25) is 0 Å². The van der Waals surface area contributed by atoms with Gasteiger partial charge in [-0.15, -0.1) is 11.6 Å². The lowest BCUT2D eigenvalue weighted by atomic mass is 10.1. The molecule has 0 saturated carbocycles. The van der Waals surface area contributed by atoms with Crippen LogP contribution >= 0.6 is 11.6 Å². The van der Waals surface area contributed by atoms with Crippen LogP contribution in [0.5, 0.6) is 0 Å². The van der Waals surface area contributed by atoms with E-state index in [4.69, 9.17) is 11.6 Å². The van der Waals surface area contributed by atoms with Gasteiger partial charge in [0.25, 0.3) is 0 Å². The van der Waals surface area contributed by atoms with Crippen molar-refractivity contribution in [3.05, 3.63) is 23.0 Å². The number of rotatable bonds is 5. The third-order valence-corrected chi connectivity index (χ3v) is 4.49. The van der Waals surface area contributed by atoms with E-state index in [1.807, 2.05) is 13.0 Å². The van der Waals surface area contributed by atoms with Gasteiger partial charge >= 0.3 is 0 Å². The van der Waals surface area contributed by atoms with E-state index in [0.717, 1.165) is 30.0 Å². The smallest absolute Gasteiger partial charge is 0.182 e. The second kappa shape index (κ2) is 6.77. The largest absolute Gasteiger partial charge is 0.347 e. The number of alkyl halides is 1. The van der Waals surface area contributed by atoms with Gasteiger partial charge in [-0.25, -0.2) is 0 Å². The van der Waals surface area contributed by atoms with Gasteiger partial charge in [0, 0.05) is 30.0 Å². The number of hydrogen-bond donors (Lipinski definition) is 0. The average Bonchev–Trinajstić information content (AvgIpc) is 2.72. The molecule has 3 nitrogen and oxygen atoms in total. The molecule has 1 aliphatic rings. The van der Waals surface area contributed by atoms with Crippen molar-refractivity contribution in [3.63, 3.8) is 0 Å². The summed E-state index contributed by atoms with van der Waals surface area (Å²) >= 11 is 5.93. The van der Waals surface area contributed by atoms with Gasteiger partial charge in [0.05, 0.1) is 5.38 Å². The van der Waals surface area contributed by atoms with Crippen LogP contribution in [0.4, 0.5) is 0 Å². The fourth-order valence-electron chi connectivity index (χ4n) is 3.03. The first-order valence-electron chi connectivity index (χ1n) is 7.58. The van der Waals surface area contributed by atoms with Crippen molar-refractivity contribution in [1.82, 2.24) is 9.47 Å². The minimum absolute atomic E-state index is 0.0315. The van der Waals surface area contributed by atoms with Crippen LogP contribution in [0.15, 0.2) is 6.07 Å². The van der Waals surface area contributed by atoms with Gasteiger partial charge in [-0.1, -0.05) is 6.42 Å². The Balaban J connectivity index is 2.06. The first-order chi connectivity index (χ1) is 9.50. The highest BCUT2D eigenvalue weighted by molar-refractivity contribution is 6.33. The number of halogens is 1. The van der Waals surface area contributed by atoms with Gasteiger partial charge in [0.15, 0.2) is 5.78 Å². The van der Waals surface area contributed by atoms with Crippen LogP contribution < -0.4 is 0 Å². The summed E-state index contributed by atoms with van der Waals surface area (Å²) in [5, 5.41) is -0.453. The summed E-state index contributed by atoms with van der Waals surface area (Å²) in [6.45, 7) is 10.3. The maximum absolute atomic E-state index is 12.1. The minimum atomic E-state index is -0.453. The van der Waals surface area contributed by atoms with Crippen LogP contribution in [-0.4, -0.2) is 40.3 Å². The summed E-state index contributed by atoms with van der Waals surface area (Å²) in [6.07, 6.45) is 4.00. The molecule has 4 heteroatoms. The number of likely N-dealkylation sites (tertiary alicyclic amines) is 1. The SMILES string of the molecule is Cc1cc(C(=O)C(C)Cl)c(C)n1CCN1CCCCC1. The second-order valence-electron chi connectivity index (χ2n) is 5.82. The summed E-state index contributed by atoms with van der Waals surface area (Å²) in [6, 6.07) is 1.98. The highest BCUT2D eigenvalue weighted by Gasteiger charge is 2.19. The molecule has 112 valence electrons. The zero-order valence-electron chi connectivity index (χ0n) is 12.8. The molecule has 1 unspecified atom stereocenters. The highest BCUT2D eigenvalue weighted by atomic mass is 35.5. The zero-order valence-corrected chi connectivity index (χ0v) is 13.5. The number of carbonyl (C=O) groups excluding carboxylic acids is 1. The molecular weight excluding hydrogens is 272 g/mol. The molecule has 2 heterocycles. The Kier molecular flexibility index (Phi) is 5.28. The number of aryl methyl sites for hydroxylation is 1. The molecule has 1 fully saturated rings. The molecule has 20 heavy (non-hydrogen) atoms. The zero-order chi connectivity index (χ0) is 14.7.